The first kappa shape index (κ1) is 18.7. The minimum absolute atomic E-state index is 0.0894. The van der Waals surface area contributed by atoms with Crippen LogP contribution in [0.1, 0.15) is 47.1 Å². The number of hydrogen-bond donors (Lipinski definition) is 0. The fourth-order valence-corrected chi connectivity index (χ4v) is 4.48. The van der Waals surface area contributed by atoms with Gasteiger partial charge in [0.25, 0.3) is 5.91 Å². The molecule has 0 aliphatic carbocycles. The topological polar surface area (TPSA) is 79.5 Å². The van der Waals surface area contributed by atoms with Gasteiger partial charge in [-0.1, -0.05) is 6.07 Å². The predicted octanol–water partition coefficient (Wildman–Crippen LogP) is 2.38. The molecule has 28 heavy (non-hydrogen) atoms. The summed E-state index contributed by atoms with van der Waals surface area (Å²) in [5.74, 6) is 1.30. The van der Waals surface area contributed by atoms with E-state index in [1.165, 1.54) is 0 Å². The second-order valence-electron chi connectivity index (χ2n) is 7.71. The molecule has 2 aromatic heterocycles. The number of likely N-dealkylation sites (tertiary alicyclic amines) is 2. The lowest BCUT2D eigenvalue weighted by Crippen LogP contribution is -2.57. The predicted molar refractivity (Wildman–Crippen MR) is 103 cm³/mol. The van der Waals surface area contributed by atoms with Crippen molar-refractivity contribution in [3.63, 3.8) is 0 Å². The van der Waals surface area contributed by atoms with Gasteiger partial charge in [0.15, 0.2) is 5.89 Å². The zero-order chi connectivity index (χ0) is 19.7. The summed E-state index contributed by atoms with van der Waals surface area (Å²) < 4.78 is 5.52. The Morgan fingerprint density at radius 1 is 1.29 bits per heavy atom. The Hall–Kier alpha value is -2.70. The van der Waals surface area contributed by atoms with E-state index in [1.807, 2.05) is 28.0 Å². The number of nitrogens with zero attached hydrogens (tertiary/aromatic N) is 4. The quantitative estimate of drug-likeness (QED) is 0.811. The fraction of sp³-hybridized carbons (Fsp3) is 0.524. The molecule has 0 saturated carbocycles. The van der Waals surface area contributed by atoms with Crippen molar-refractivity contribution in [2.45, 2.75) is 45.6 Å². The molecule has 4 heterocycles. The number of aryl methyl sites for hydroxylation is 2. The Bertz CT molecular complexity index is 864. The van der Waals surface area contributed by atoms with Gasteiger partial charge in [0.05, 0.1) is 5.69 Å². The van der Waals surface area contributed by atoms with E-state index >= 15 is 0 Å². The number of piperidine rings is 2. The Morgan fingerprint density at radius 2 is 2.14 bits per heavy atom. The van der Waals surface area contributed by atoms with Crippen molar-refractivity contribution in [1.82, 2.24) is 19.8 Å². The van der Waals surface area contributed by atoms with Crippen LogP contribution in [0.3, 0.4) is 0 Å². The van der Waals surface area contributed by atoms with Crippen LogP contribution in [0.2, 0.25) is 0 Å². The summed E-state index contributed by atoms with van der Waals surface area (Å²) in [7, 11) is 0. The molecule has 2 amide bonds. The largest absolute Gasteiger partial charge is 0.436 e. The molecule has 4 rings (SSSR count). The number of aromatic nitrogens is 2. The van der Waals surface area contributed by atoms with Crippen LogP contribution in [0.25, 0.3) is 0 Å². The molecule has 7 heteroatoms. The van der Waals surface area contributed by atoms with Crippen LogP contribution in [0.15, 0.2) is 28.8 Å². The van der Waals surface area contributed by atoms with Gasteiger partial charge in [0.2, 0.25) is 11.7 Å². The average Bonchev–Trinajstić information content (AvgIpc) is 3.05. The summed E-state index contributed by atoms with van der Waals surface area (Å²) in [6, 6.07) is 6.07. The highest BCUT2D eigenvalue weighted by molar-refractivity contribution is 5.92. The third-order valence-electron chi connectivity index (χ3n) is 5.86. The summed E-state index contributed by atoms with van der Waals surface area (Å²) in [5, 5.41) is 0. The van der Waals surface area contributed by atoms with Gasteiger partial charge in [0, 0.05) is 57.3 Å². The number of oxazole rings is 1. The second-order valence-corrected chi connectivity index (χ2v) is 7.71. The SMILES string of the molecule is Cc1nc(C)c(C(=O)N2CC[C@H]3[C@H](CCC(=O)N3CCc3ccccn3)C2)o1. The molecule has 2 saturated heterocycles. The van der Waals surface area contributed by atoms with Crippen LogP contribution in [-0.2, 0) is 11.2 Å². The normalized spacial score (nSPS) is 22.3. The minimum atomic E-state index is -0.0894. The van der Waals surface area contributed by atoms with Gasteiger partial charge in [-0.2, -0.15) is 0 Å². The van der Waals surface area contributed by atoms with Crippen LogP contribution in [0.5, 0.6) is 0 Å². The summed E-state index contributed by atoms with van der Waals surface area (Å²) in [6.07, 6.45) is 4.73. The number of fused-ring (bicyclic) bond motifs is 1. The Kier molecular flexibility index (Phi) is 5.15. The van der Waals surface area contributed by atoms with Crippen molar-refractivity contribution < 1.29 is 14.0 Å². The molecule has 0 spiro atoms. The lowest BCUT2D eigenvalue weighted by molar-refractivity contribution is -0.140. The first-order valence-corrected chi connectivity index (χ1v) is 9.95. The van der Waals surface area contributed by atoms with Crippen LogP contribution >= 0.6 is 0 Å². The Morgan fingerprint density at radius 3 is 2.86 bits per heavy atom. The molecule has 2 aliphatic heterocycles. The van der Waals surface area contributed by atoms with Gasteiger partial charge in [-0.3, -0.25) is 14.6 Å². The van der Waals surface area contributed by atoms with E-state index in [0.717, 1.165) is 25.0 Å². The van der Waals surface area contributed by atoms with Crippen LogP contribution in [0.4, 0.5) is 0 Å². The maximum Gasteiger partial charge on any atom is 0.291 e. The lowest BCUT2D eigenvalue weighted by atomic mass is 9.83. The minimum Gasteiger partial charge on any atom is -0.436 e. The molecule has 0 radical (unpaired) electrons. The standard InChI is InChI=1S/C21H26N4O3/c1-14-20(28-15(2)23-14)21(27)24-11-9-18-16(13-24)6-7-19(26)25(18)12-8-17-5-3-4-10-22-17/h3-5,10,16,18H,6-9,11-13H2,1-2H3/t16-,18+/m1/s1. The van der Waals surface area contributed by atoms with Crippen molar-refractivity contribution in [3.05, 3.63) is 47.4 Å². The van der Waals surface area contributed by atoms with E-state index in [-0.39, 0.29) is 17.9 Å². The number of carbonyl (C=O) groups is 2. The molecule has 148 valence electrons. The summed E-state index contributed by atoms with van der Waals surface area (Å²) >= 11 is 0. The molecule has 0 bridgehead atoms. The molecule has 2 atom stereocenters. The maximum atomic E-state index is 12.9. The zero-order valence-electron chi connectivity index (χ0n) is 16.4. The van der Waals surface area contributed by atoms with Crippen molar-refractivity contribution in [3.8, 4) is 0 Å². The van der Waals surface area contributed by atoms with Gasteiger partial charge in [-0.05, 0) is 37.8 Å². The third-order valence-corrected chi connectivity index (χ3v) is 5.86. The van der Waals surface area contributed by atoms with Crippen molar-refractivity contribution >= 4 is 11.8 Å². The molecule has 2 aromatic rings. The number of pyridine rings is 1. The first-order chi connectivity index (χ1) is 13.5. The molecule has 2 aliphatic rings. The molecular formula is C21H26N4O3. The number of carbonyl (C=O) groups excluding carboxylic acids is 2. The molecule has 0 aromatic carbocycles. The van der Waals surface area contributed by atoms with Crippen LogP contribution in [-0.4, -0.2) is 57.3 Å². The fourth-order valence-electron chi connectivity index (χ4n) is 4.48. The average molecular weight is 382 g/mol. The number of amides is 2. The molecule has 2 fully saturated rings. The van der Waals surface area contributed by atoms with E-state index in [1.54, 1.807) is 20.0 Å². The highest BCUT2D eigenvalue weighted by Crippen LogP contribution is 2.32. The molecular weight excluding hydrogens is 356 g/mol. The molecule has 7 nitrogen and oxygen atoms in total. The second kappa shape index (κ2) is 7.73. The Labute approximate surface area is 164 Å². The van der Waals surface area contributed by atoms with E-state index in [0.29, 0.717) is 49.3 Å². The van der Waals surface area contributed by atoms with Crippen molar-refractivity contribution in [1.29, 1.82) is 0 Å². The van der Waals surface area contributed by atoms with Crippen molar-refractivity contribution in [2.75, 3.05) is 19.6 Å². The van der Waals surface area contributed by atoms with E-state index in [2.05, 4.69) is 9.97 Å². The molecule has 0 unspecified atom stereocenters. The van der Waals surface area contributed by atoms with Crippen molar-refractivity contribution in [2.24, 2.45) is 5.92 Å². The number of rotatable bonds is 4. The summed E-state index contributed by atoms with van der Waals surface area (Å²) in [5.41, 5.74) is 1.64. The van der Waals surface area contributed by atoms with Gasteiger partial charge in [-0.15, -0.1) is 0 Å². The van der Waals surface area contributed by atoms with Crippen LogP contribution in [0, 0.1) is 19.8 Å². The summed E-state index contributed by atoms with van der Waals surface area (Å²) in [6.45, 7) is 5.53. The van der Waals surface area contributed by atoms with Gasteiger partial charge >= 0.3 is 0 Å². The van der Waals surface area contributed by atoms with Gasteiger partial charge < -0.3 is 14.2 Å². The third kappa shape index (κ3) is 3.66. The smallest absolute Gasteiger partial charge is 0.291 e. The number of hydrogen-bond acceptors (Lipinski definition) is 5. The first-order valence-electron chi connectivity index (χ1n) is 9.95. The van der Waals surface area contributed by atoms with E-state index in [9.17, 15) is 9.59 Å². The Balaban J connectivity index is 1.42. The monoisotopic (exact) mass is 382 g/mol. The summed E-state index contributed by atoms with van der Waals surface area (Å²) in [4.78, 5) is 37.9. The maximum absolute atomic E-state index is 12.9. The highest BCUT2D eigenvalue weighted by atomic mass is 16.4. The van der Waals surface area contributed by atoms with Gasteiger partial charge in [-0.25, -0.2) is 4.98 Å². The lowest BCUT2D eigenvalue weighted by Gasteiger charge is -2.47. The van der Waals surface area contributed by atoms with Gasteiger partial charge in [0.1, 0.15) is 0 Å². The van der Waals surface area contributed by atoms with E-state index < -0.39 is 0 Å². The van der Waals surface area contributed by atoms with E-state index in [4.69, 9.17) is 4.42 Å². The van der Waals surface area contributed by atoms with Crippen LogP contribution < -0.4 is 0 Å². The highest BCUT2D eigenvalue weighted by Gasteiger charge is 2.40. The zero-order valence-corrected chi connectivity index (χ0v) is 16.4. The molecule has 0 N–H and O–H groups in total.